The molecule has 1 amide bonds. The summed E-state index contributed by atoms with van der Waals surface area (Å²) in [6.07, 6.45) is 19.2. The smallest absolute Gasteiger partial charge is 0.219 e. The summed E-state index contributed by atoms with van der Waals surface area (Å²) in [4.78, 5) is 11.5. The van der Waals surface area contributed by atoms with Crippen LogP contribution >= 0.6 is 0 Å². The minimum Gasteiger partial charge on any atom is -0.381 e. The van der Waals surface area contributed by atoms with Crippen molar-refractivity contribution in [2.75, 3.05) is 13.7 Å². The molecule has 0 spiro atoms. The zero-order valence-corrected chi connectivity index (χ0v) is 18.3. The summed E-state index contributed by atoms with van der Waals surface area (Å²) in [5.74, 6) is 1.36. The van der Waals surface area contributed by atoms with E-state index in [4.69, 9.17) is 4.74 Å². The second-order valence-corrected chi connectivity index (χ2v) is 8.04. The number of nitrogens with one attached hydrogen (secondary N) is 1. The average molecular weight is 398 g/mol. The maximum atomic E-state index is 11.5. The molecule has 1 aromatic carbocycles. The molecule has 29 heavy (non-hydrogen) atoms. The van der Waals surface area contributed by atoms with Crippen molar-refractivity contribution < 1.29 is 9.53 Å². The Bertz CT molecular complexity index is 623. The van der Waals surface area contributed by atoms with E-state index in [1.54, 1.807) is 0 Å². The van der Waals surface area contributed by atoms with Gasteiger partial charge in [-0.25, -0.2) is 0 Å². The number of ether oxygens (including phenoxy) is 1. The van der Waals surface area contributed by atoms with Crippen LogP contribution in [0.4, 0.5) is 0 Å². The lowest BCUT2D eigenvalue weighted by Gasteiger charge is -2.20. The van der Waals surface area contributed by atoms with Gasteiger partial charge in [-0.1, -0.05) is 54.6 Å². The minimum absolute atomic E-state index is 0.161. The summed E-state index contributed by atoms with van der Waals surface area (Å²) < 4.78 is 5.76. The highest BCUT2D eigenvalue weighted by atomic mass is 16.5. The van der Waals surface area contributed by atoms with Gasteiger partial charge in [0, 0.05) is 20.1 Å². The lowest BCUT2D eigenvalue weighted by molar-refractivity contribution is -0.121. The Morgan fingerprint density at radius 3 is 2.66 bits per heavy atom. The quantitative estimate of drug-likeness (QED) is 0.334. The molecule has 1 aromatic rings. The molecule has 160 valence electrons. The van der Waals surface area contributed by atoms with Gasteiger partial charge < -0.3 is 10.1 Å². The monoisotopic (exact) mass is 397 g/mol. The number of aryl methyl sites for hydroxylation is 1. The van der Waals surface area contributed by atoms with Crippen LogP contribution in [0.1, 0.15) is 63.9 Å². The van der Waals surface area contributed by atoms with Gasteiger partial charge in [-0.05, 0) is 75.7 Å². The third-order valence-corrected chi connectivity index (χ3v) is 5.90. The van der Waals surface area contributed by atoms with E-state index < -0.39 is 0 Å². The van der Waals surface area contributed by atoms with Crippen molar-refractivity contribution in [1.29, 1.82) is 0 Å². The van der Waals surface area contributed by atoms with Crippen molar-refractivity contribution in [2.45, 2.75) is 70.8 Å². The number of allylic oxidation sites excluding steroid dienone is 4. The fourth-order valence-electron chi connectivity index (χ4n) is 4.30. The van der Waals surface area contributed by atoms with Crippen molar-refractivity contribution >= 4 is 5.91 Å². The maximum absolute atomic E-state index is 11.5. The molecular weight excluding hydrogens is 358 g/mol. The predicted octanol–water partition coefficient (Wildman–Crippen LogP) is 5.86. The summed E-state index contributed by atoms with van der Waals surface area (Å²) in [6.45, 7) is 2.68. The molecule has 3 atom stereocenters. The molecule has 1 saturated carbocycles. The molecule has 0 saturated heterocycles. The number of methoxy groups -OCH3 is 1. The topological polar surface area (TPSA) is 38.3 Å². The van der Waals surface area contributed by atoms with Crippen LogP contribution < -0.4 is 5.32 Å². The molecule has 0 radical (unpaired) electrons. The second kappa shape index (κ2) is 14.2. The highest BCUT2D eigenvalue weighted by molar-refractivity contribution is 5.75. The summed E-state index contributed by atoms with van der Waals surface area (Å²) in [7, 11) is 1.85. The van der Waals surface area contributed by atoms with Crippen LogP contribution in [0.2, 0.25) is 0 Å². The standard InChI is InChI=1S/C26H39NO2/c1-3-27-26(28)19-13-5-4-12-18-24-23(20-21-25(24)29-2)17-11-7-10-16-22-14-8-6-9-15-22/h4,6,8-9,11-12,14-15,17,23-25H,3,5,7,10,13,16,18-21H2,1-2H3,(H,27,28)/b12-4-,17-11+/t23?,24-,25+/m1/s1. The van der Waals surface area contributed by atoms with Crippen LogP contribution in [0.3, 0.4) is 0 Å². The van der Waals surface area contributed by atoms with Gasteiger partial charge >= 0.3 is 0 Å². The van der Waals surface area contributed by atoms with Gasteiger partial charge in [0.05, 0.1) is 6.10 Å². The third kappa shape index (κ3) is 8.99. The van der Waals surface area contributed by atoms with Crippen LogP contribution in [0.5, 0.6) is 0 Å². The summed E-state index contributed by atoms with van der Waals surface area (Å²) in [6, 6.07) is 10.7. The number of amides is 1. The van der Waals surface area contributed by atoms with Gasteiger partial charge in [-0.15, -0.1) is 0 Å². The van der Waals surface area contributed by atoms with E-state index in [-0.39, 0.29) is 5.91 Å². The highest BCUT2D eigenvalue weighted by Gasteiger charge is 2.33. The first-order chi connectivity index (χ1) is 14.2. The van der Waals surface area contributed by atoms with Crippen LogP contribution in [0, 0.1) is 11.8 Å². The third-order valence-electron chi connectivity index (χ3n) is 5.90. The molecular formula is C26H39NO2. The van der Waals surface area contributed by atoms with Gasteiger partial charge in [0.25, 0.3) is 0 Å². The molecule has 0 aromatic heterocycles. The van der Waals surface area contributed by atoms with Gasteiger partial charge in [0.1, 0.15) is 0 Å². The Balaban J connectivity index is 1.70. The number of carbonyl (C=O) groups excluding carboxylic acids is 1. The van der Waals surface area contributed by atoms with Crippen molar-refractivity contribution in [1.82, 2.24) is 5.32 Å². The number of carbonyl (C=O) groups is 1. The van der Waals surface area contributed by atoms with Crippen LogP contribution in [-0.4, -0.2) is 25.7 Å². The second-order valence-electron chi connectivity index (χ2n) is 8.04. The molecule has 1 aliphatic carbocycles. The fraction of sp³-hybridized carbons (Fsp3) is 0.577. The Labute approximate surface area is 177 Å². The number of unbranched alkanes of at least 4 members (excludes halogenated alkanes) is 2. The first-order valence-electron chi connectivity index (χ1n) is 11.4. The first-order valence-corrected chi connectivity index (χ1v) is 11.4. The molecule has 3 heteroatoms. The Morgan fingerprint density at radius 1 is 1.10 bits per heavy atom. The normalized spacial score (nSPS) is 21.9. The van der Waals surface area contributed by atoms with Gasteiger partial charge in [-0.3, -0.25) is 4.79 Å². The molecule has 1 aliphatic rings. The largest absolute Gasteiger partial charge is 0.381 e. The van der Waals surface area contributed by atoms with E-state index in [9.17, 15) is 4.79 Å². The van der Waals surface area contributed by atoms with E-state index in [0.29, 0.717) is 24.4 Å². The summed E-state index contributed by atoms with van der Waals surface area (Å²) >= 11 is 0. The van der Waals surface area contributed by atoms with Gasteiger partial charge in [0.15, 0.2) is 0 Å². The number of rotatable bonds is 13. The van der Waals surface area contributed by atoms with Crippen molar-refractivity contribution in [2.24, 2.45) is 11.8 Å². The number of benzene rings is 1. The molecule has 1 N–H and O–H groups in total. The molecule has 0 bridgehead atoms. The van der Waals surface area contributed by atoms with Crippen molar-refractivity contribution in [3.63, 3.8) is 0 Å². The number of hydrogen-bond donors (Lipinski definition) is 1. The van der Waals surface area contributed by atoms with E-state index in [1.165, 1.54) is 18.4 Å². The molecule has 0 aliphatic heterocycles. The summed E-state index contributed by atoms with van der Waals surface area (Å²) in [5, 5.41) is 2.85. The minimum atomic E-state index is 0.161. The zero-order valence-electron chi connectivity index (χ0n) is 18.3. The zero-order chi connectivity index (χ0) is 20.7. The fourth-order valence-corrected chi connectivity index (χ4v) is 4.30. The van der Waals surface area contributed by atoms with E-state index in [1.807, 2.05) is 14.0 Å². The lowest BCUT2D eigenvalue weighted by Crippen LogP contribution is -2.21. The van der Waals surface area contributed by atoms with E-state index in [2.05, 4.69) is 60.0 Å². The Kier molecular flexibility index (Phi) is 11.4. The SMILES string of the molecule is CCNC(=O)CCC/C=C\C[C@@H]1C(/C=C/CCCc2ccccc2)CC[C@@H]1OC. The van der Waals surface area contributed by atoms with Crippen LogP contribution in [-0.2, 0) is 16.0 Å². The summed E-state index contributed by atoms with van der Waals surface area (Å²) in [5.41, 5.74) is 1.43. The molecule has 0 heterocycles. The van der Waals surface area contributed by atoms with Gasteiger partial charge in [-0.2, -0.15) is 0 Å². The maximum Gasteiger partial charge on any atom is 0.219 e. The van der Waals surface area contributed by atoms with E-state index in [0.717, 1.165) is 45.1 Å². The first kappa shape index (κ1) is 23.4. The van der Waals surface area contributed by atoms with Crippen LogP contribution in [0.25, 0.3) is 0 Å². The Morgan fingerprint density at radius 2 is 1.90 bits per heavy atom. The van der Waals surface area contributed by atoms with Crippen molar-refractivity contribution in [3.8, 4) is 0 Å². The Hall–Kier alpha value is -1.87. The van der Waals surface area contributed by atoms with Gasteiger partial charge in [0.2, 0.25) is 5.91 Å². The molecule has 1 unspecified atom stereocenters. The number of hydrogen-bond acceptors (Lipinski definition) is 2. The van der Waals surface area contributed by atoms with Crippen LogP contribution in [0.15, 0.2) is 54.6 Å². The average Bonchev–Trinajstić information content (AvgIpc) is 3.13. The lowest BCUT2D eigenvalue weighted by atomic mass is 9.90. The van der Waals surface area contributed by atoms with Crippen molar-refractivity contribution in [3.05, 3.63) is 60.2 Å². The molecule has 1 fully saturated rings. The molecule has 3 nitrogen and oxygen atoms in total. The molecule has 2 rings (SSSR count). The highest BCUT2D eigenvalue weighted by Crippen LogP contribution is 2.37. The predicted molar refractivity (Wildman–Crippen MR) is 122 cm³/mol. The van der Waals surface area contributed by atoms with E-state index >= 15 is 0 Å².